The van der Waals surface area contributed by atoms with E-state index in [4.69, 9.17) is 0 Å². The number of carbonyl (C=O) groups excluding carboxylic acids is 1. The van der Waals surface area contributed by atoms with Gasteiger partial charge in [0.1, 0.15) is 0 Å². The van der Waals surface area contributed by atoms with Gasteiger partial charge in [-0.3, -0.25) is 4.79 Å². The highest BCUT2D eigenvalue weighted by Crippen LogP contribution is 2.22. The van der Waals surface area contributed by atoms with E-state index in [0.29, 0.717) is 5.92 Å². The number of hydrogen-bond acceptors (Lipinski definition) is 2. The maximum atomic E-state index is 11.5. The van der Waals surface area contributed by atoms with Crippen molar-refractivity contribution in [3.63, 3.8) is 0 Å². The second-order valence-corrected chi connectivity index (χ2v) is 4.50. The molecule has 2 heteroatoms. The molecule has 1 aromatic rings. The largest absolute Gasteiger partial charge is 0.282 e. The minimum atomic E-state index is 0.145. The van der Waals surface area contributed by atoms with Crippen LogP contribution in [0.15, 0.2) is 18.2 Å². The van der Waals surface area contributed by atoms with Gasteiger partial charge in [0.2, 0.25) is 5.12 Å². The summed E-state index contributed by atoms with van der Waals surface area (Å²) in [6.45, 7) is 6.38. The number of rotatable bonds is 2. The van der Waals surface area contributed by atoms with Gasteiger partial charge in [-0.2, -0.15) is 0 Å². The first-order valence-electron chi connectivity index (χ1n) is 4.75. The Balaban J connectivity index is 3.13. The summed E-state index contributed by atoms with van der Waals surface area (Å²) in [4.78, 5) is 11.5. The molecule has 76 valence electrons. The maximum Gasteiger partial charge on any atom is 0.219 e. The van der Waals surface area contributed by atoms with E-state index in [1.54, 1.807) is 0 Å². The molecule has 0 fully saturated rings. The number of benzene rings is 1. The van der Waals surface area contributed by atoms with Crippen LogP contribution in [-0.4, -0.2) is 11.4 Å². The lowest BCUT2D eigenvalue weighted by Crippen LogP contribution is -1.98. The fourth-order valence-electron chi connectivity index (χ4n) is 1.51. The maximum absolute atomic E-state index is 11.5. The summed E-state index contributed by atoms with van der Waals surface area (Å²) in [7, 11) is 0. The number of aryl methyl sites for hydroxylation is 1. The first kappa shape index (κ1) is 11.3. The molecule has 0 saturated carbocycles. The SMILES string of the molecule is CSC(=O)c1ccc(C)c(C(C)C)c1. The van der Waals surface area contributed by atoms with Crippen LogP contribution >= 0.6 is 11.8 Å². The monoisotopic (exact) mass is 208 g/mol. The Morgan fingerprint density at radius 2 is 2.00 bits per heavy atom. The quantitative estimate of drug-likeness (QED) is 0.738. The molecule has 1 nitrogen and oxygen atoms in total. The normalized spacial score (nSPS) is 10.6. The van der Waals surface area contributed by atoms with Gasteiger partial charge in [0.05, 0.1) is 0 Å². The number of hydrogen-bond donors (Lipinski definition) is 0. The summed E-state index contributed by atoms with van der Waals surface area (Å²) in [6, 6.07) is 5.94. The van der Waals surface area contributed by atoms with Crippen LogP contribution in [0.5, 0.6) is 0 Å². The van der Waals surface area contributed by atoms with Crippen LogP contribution in [0.3, 0.4) is 0 Å². The third kappa shape index (κ3) is 2.38. The van der Waals surface area contributed by atoms with E-state index >= 15 is 0 Å². The van der Waals surface area contributed by atoms with E-state index in [9.17, 15) is 4.79 Å². The predicted molar refractivity (Wildman–Crippen MR) is 63.1 cm³/mol. The van der Waals surface area contributed by atoms with Crippen LogP contribution in [0.2, 0.25) is 0 Å². The van der Waals surface area contributed by atoms with E-state index in [2.05, 4.69) is 20.8 Å². The van der Waals surface area contributed by atoms with Gasteiger partial charge in [0.15, 0.2) is 0 Å². The van der Waals surface area contributed by atoms with E-state index in [1.807, 2.05) is 24.5 Å². The number of thioether (sulfide) groups is 1. The Hall–Kier alpha value is -0.760. The molecule has 0 spiro atoms. The molecular weight excluding hydrogens is 192 g/mol. The van der Waals surface area contributed by atoms with Gasteiger partial charge in [-0.15, -0.1) is 0 Å². The van der Waals surface area contributed by atoms with Gasteiger partial charge in [-0.25, -0.2) is 0 Å². The fraction of sp³-hybridized carbons (Fsp3) is 0.417. The molecule has 14 heavy (non-hydrogen) atoms. The van der Waals surface area contributed by atoms with Crippen molar-refractivity contribution in [2.24, 2.45) is 0 Å². The first-order valence-corrected chi connectivity index (χ1v) is 5.97. The summed E-state index contributed by atoms with van der Waals surface area (Å²) in [5.41, 5.74) is 3.34. The summed E-state index contributed by atoms with van der Waals surface area (Å²) in [5.74, 6) is 0.476. The standard InChI is InChI=1S/C12H16OS/c1-8(2)11-7-10(12(13)14-4)6-5-9(11)3/h5-8H,1-4H3. The van der Waals surface area contributed by atoms with Gasteiger partial charge >= 0.3 is 0 Å². The van der Waals surface area contributed by atoms with Crippen LogP contribution in [0.1, 0.15) is 41.3 Å². The minimum Gasteiger partial charge on any atom is -0.282 e. The molecule has 0 bridgehead atoms. The van der Waals surface area contributed by atoms with E-state index in [1.165, 1.54) is 22.9 Å². The Bertz CT molecular complexity index is 342. The zero-order chi connectivity index (χ0) is 10.7. The predicted octanol–water partition coefficient (Wildman–Crippen LogP) is 3.62. The van der Waals surface area contributed by atoms with Crippen LogP contribution in [-0.2, 0) is 0 Å². The van der Waals surface area contributed by atoms with Crippen molar-refractivity contribution in [3.05, 3.63) is 34.9 Å². The molecule has 0 aliphatic carbocycles. The van der Waals surface area contributed by atoms with Crippen molar-refractivity contribution in [2.45, 2.75) is 26.7 Å². The minimum absolute atomic E-state index is 0.145. The molecule has 0 saturated heterocycles. The molecule has 0 unspecified atom stereocenters. The molecule has 0 aliphatic rings. The Kier molecular flexibility index (Phi) is 3.76. The fourth-order valence-corrected chi connectivity index (χ4v) is 1.87. The van der Waals surface area contributed by atoms with Gasteiger partial charge in [-0.05, 0) is 36.3 Å². The Morgan fingerprint density at radius 3 is 2.50 bits per heavy atom. The Labute approximate surface area is 89.9 Å². The second kappa shape index (κ2) is 4.65. The summed E-state index contributed by atoms with van der Waals surface area (Å²) in [6.07, 6.45) is 1.82. The third-order valence-electron chi connectivity index (χ3n) is 2.32. The highest BCUT2D eigenvalue weighted by molar-refractivity contribution is 8.13. The molecular formula is C12H16OS. The van der Waals surface area contributed by atoms with Crippen molar-refractivity contribution < 1.29 is 4.79 Å². The highest BCUT2D eigenvalue weighted by Gasteiger charge is 2.08. The lowest BCUT2D eigenvalue weighted by molar-refractivity contribution is 0.108. The van der Waals surface area contributed by atoms with Crippen LogP contribution in [0.25, 0.3) is 0 Å². The van der Waals surface area contributed by atoms with Gasteiger partial charge < -0.3 is 0 Å². The topological polar surface area (TPSA) is 17.1 Å². The first-order chi connectivity index (χ1) is 6.56. The molecule has 0 heterocycles. The van der Waals surface area contributed by atoms with Gasteiger partial charge in [0.25, 0.3) is 0 Å². The van der Waals surface area contributed by atoms with Crippen LogP contribution in [0.4, 0.5) is 0 Å². The molecule has 0 aliphatic heterocycles. The lowest BCUT2D eigenvalue weighted by Gasteiger charge is -2.10. The second-order valence-electron chi connectivity index (χ2n) is 3.72. The van der Waals surface area contributed by atoms with Crippen LogP contribution in [0, 0.1) is 6.92 Å². The van der Waals surface area contributed by atoms with E-state index in [0.717, 1.165) is 5.56 Å². The Morgan fingerprint density at radius 1 is 1.36 bits per heavy atom. The summed E-state index contributed by atoms with van der Waals surface area (Å²) >= 11 is 1.27. The van der Waals surface area contributed by atoms with E-state index in [-0.39, 0.29) is 5.12 Å². The molecule has 0 amide bonds. The van der Waals surface area contributed by atoms with Gasteiger partial charge in [-0.1, -0.05) is 37.7 Å². The third-order valence-corrected chi connectivity index (χ3v) is 2.93. The molecule has 0 radical (unpaired) electrons. The average Bonchev–Trinajstić information content (AvgIpc) is 2.17. The highest BCUT2D eigenvalue weighted by atomic mass is 32.2. The van der Waals surface area contributed by atoms with E-state index < -0.39 is 0 Å². The molecule has 1 aromatic carbocycles. The average molecular weight is 208 g/mol. The van der Waals surface area contributed by atoms with Crippen LogP contribution < -0.4 is 0 Å². The molecule has 1 rings (SSSR count). The number of carbonyl (C=O) groups is 1. The summed E-state index contributed by atoms with van der Waals surface area (Å²) < 4.78 is 0. The molecule has 0 aromatic heterocycles. The van der Waals surface area contributed by atoms with Crippen molar-refractivity contribution in [1.29, 1.82) is 0 Å². The molecule has 0 atom stereocenters. The zero-order valence-electron chi connectivity index (χ0n) is 9.13. The van der Waals surface area contributed by atoms with Crippen molar-refractivity contribution in [2.75, 3.05) is 6.26 Å². The van der Waals surface area contributed by atoms with Gasteiger partial charge in [0, 0.05) is 5.56 Å². The van der Waals surface area contributed by atoms with Crippen molar-refractivity contribution in [1.82, 2.24) is 0 Å². The molecule has 0 N–H and O–H groups in total. The van der Waals surface area contributed by atoms with Crippen molar-refractivity contribution >= 4 is 16.9 Å². The van der Waals surface area contributed by atoms with Crippen molar-refractivity contribution in [3.8, 4) is 0 Å². The zero-order valence-corrected chi connectivity index (χ0v) is 9.94. The lowest BCUT2D eigenvalue weighted by atomic mass is 9.96. The summed E-state index contributed by atoms with van der Waals surface area (Å²) in [5, 5.41) is 0.145. The smallest absolute Gasteiger partial charge is 0.219 e.